The molecule has 0 aliphatic heterocycles. The Morgan fingerprint density at radius 1 is 1.50 bits per heavy atom. The van der Waals surface area contributed by atoms with Crippen molar-refractivity contribution < 1.29 is 13.5 Å². The number of rotatable bonds is 5. The predicted molar refractivity (Wildman–Crippen MR) is 75.5 cm³/mol. The molecule has 0 unspecified atom stereocenters. The summed E-state index contributed by atoms with van der Waals surface area (Å²) >= 11 is 1.43. The second kappa shape index (κ2) is 6.67. The van der Waals surface area contributed by atoms with Gasteiger partial charge in [-0.3, -0.25) is 0 Å². The fourth-order valence-corrected chi connectivity index (χ4v) is 3.19. The lowest BCUT2D eigenvalue weighted by Crippen LogP contribution is -2.23. The first-order chi connectivity index (χ1) is 9.63. The maximum atomic E-state index is 11.9. The molecule has 106 valence electrons. The Hall–Kier alpha value is -1.66. The maximum absolute atomic E-state index is 11.9. The molecule has 0 spiro atoms. The average molecular weight is 311 g/mol. The molecule has 0 saturated heterocycles. The van der Waals surface area contributed by atoms with Crippen LogP contribution >= 0.6 is 11.3 Å². The van der Waals surface area contributed by atoms with Crippen molar-refractivity contribution in [1.29, 1.82) is 0 Å². The molecule has 2 aromatic heterocycles. The van der Waals surface area contributed by atoms with Crippen molar-refractivity contribution in [2.45, 2.75) is 18.0 Å². The van der Waals surface area contributed by atoms with Gasteiger partial charge >= 0.3 is 0 Å². The number of sulfonamides is 1. The van der Waals surface area contributed by atoms with Gasteiger partial charge in [0.2, 0.25) is 0 Å². The van der Waals surface area contributed by atoms with Crippen molar-refractivity contribution in [3.05, 3.63) is 34.4 Å². The summed E-state index contributed by atoms with van der Waals surface area (Å²) in [5, 5.41) is 10.6. The number of H-pyrrole nitrogens is 1. The van der Waals surface area contributed by atoms with Gasteiger partial charge in [-0.05, 0) is 11.4 Å². The zero-order valence-electron chi connectivity index (χ0n) is 10.5. The van der Waals surface area contributed by atoms with Crippen molar-refractivity contribution in [2.75, 3.05) is 6.61 Å². The van der Waals surface area contributed by atoms with Gasteiger partial charge in [-0.2, -0.15) is 0 Å². The van der Waals surface area contributed by atoms with Gasteiger partial charge in [0.15, 0.2) is 5.03 Å². The van der Waals surface area contributed by atoms with Crippen LogP contribution in [0.25, 0.3) is 0 Å². The Kier molecular flexibility index (Phi) is 4.92. The van der Waals surface area contributed by atoms with Crippen LogP contribution in [0.1, 0.15) is 16.9 Å². The monoisotopic (exact) mass is 311 g/mol. The molecule has 20 heavy (non-hydrogen) atoms. The van der Waals surface area contributed by atoms with Crippen LogP contribution < -0.4 is 4.72 Å². The number of aromatic amines is 1. The molecule has 3 N–H and O–H groups in total. The van der Waals surface area contributed by atoms with E-state index in [1.807, 2.05) is 11.4 Å². The summed E-state index contributed by atoms with van der Waals surface area (Å²) in [6.07, 6.45) is 2.96. The number of nitrogens with zero attached hydrogens (tertiary/aromatic N) is 1. The van der Waals surface area contributed by atoms with Crippen molar-refractivity contribution in [3.63, 3.8) is 0 Å². The van der Waals surface area contributed by atoms with Crippen LogP contribution in [0.3, 0.4) is 0 Å². The molecule has 0 atom stereocenters. The lowest BCUT2D eigenvalue weighted by molar-refractivity contribution is 0.305. The van der Waals surface area contributed by atoms with Crippen molar-refractivity contribution in [2.24, 2.45) is 0 Å². The molecule has 0 fully saturated rings. The van der Waals surface area contributed by atoms with E-state index >= 15 is 0 Å². The molecule has 0 aliphatic carbocycles. The number of aromatic nitrogens is 2. The van der Waals surface area contributed by atoms with Crippen LogP contribution in [0.2, 0.25) is 0 Å². The number of hydrogen-bond donors (Lipinski definition) is 3. The van der Waals surface area contributed by atoms with Crippen molar-refractivity contribution in [3.8, 4) is 11.8 Å². The summed E-state index contributed by atoms with van der Waals surface area (Å²) in [5.41, 5.74) is 0.774. The van der Waals surface area contributed by atoms with Crippen molar-refractivity contribution in [1.82, 2.24) is 14.7 Å². The Balaban J connectivity index is 2.06. The number of aliphatic hydroxyl groups is 1. The molecular weight excluding hydrogens is 298 g/mol. The summed E-state index contributed by atoms with van der Waals surface area (Å²) in [6, 6.07) is 1.83. The topological polar surface area (TPSA) is 95.1 Å². The number of imidazole rings is 1. The summed E-state index contributed by atoms with van der Waals surface area (Å²) < 4.78 is 26.3. The normalized spacial score (nSPS) is 11.1. The molecule has 0 amide bonds. The van der Waals surface area contributed by atoms with E-state index in [1.165, 1.54) is 23.9 Å². The number of hydrogen-bond acceptors (Lipinski definition) is 5. The van der Waals surface area contributed by atoms with E-state index < -0.39 is 10.0 Å². The van der Waals surface area contributed by atoms with Crippen LogP contribution in [-0.4, -0.2) is 30.1 Å². The highest BCUT2D eigenvalue weighted by molar-refractivity contribution is 7.89. The molecule has 8 heteroatoms. The quantitative estimate of drug-likeness (QED) is 0.708. The standard InChI is InChI=1S/C12H13N3O3S2/c16-5-2-1-3-10-4-6-19-11(10)7-15-20(17,18)12-8-13-9-14-12/h4,6,8-9,15-16H,2,5,7H2,(H,13,14). The van der Waals surface area contributed by atoms with Gasteiger partial charge in [0.25, 0.3) is 10.0 Å². The van der Waals surface area contributed by atoms with Gasteiger partial charge in [0.05, 0.1) is 19.1 Å². The lowest BCUT2D eigenvalue weighted by Gasteiger charge is -2.03. The van der Waals surface area contributed by atoms with Gasteiger partial charge in [-0.25, -0.2) is 18.1 Å². The van der Waals surface area contributed by atoms with E-state index in [9.17, 15) is 8.42 Å². The van der Waals surface area contributed by atoms with Gasteiger partial charge in [-0.1, -0.05) is 11.8 Å². The van der Waals surface area contributed by atoms with Crippen LogP contribution in [0.5, 0.6) is 0 Å². The fourth-order valence-electron chi connectivity index (χ4n) is 1.43. The first kappa shape index (κ1) is 14.7. The summed E-state index contributed by atoms with van der Waals surface area (Å²) in [5.74, 6) is 5.73. The molecule has 2 aromatic rings. The summed E-state index contributed by atoms with van der Waals surface area (Å²) in [7, 11) is -3.58. The molecule has 2 heterocycles. The van der Waals surface area contributed by atoms with E-state index in [2.05, 4.69) is 26.5 Å². The molecular formula is C12H13N3O3S2. The minimum atomic E-state index is -3.58. The molecule has 0 saturated carbocycles. The summed E-state index contributed by atoms with van der Waals surface area (Å²) in [4.78, 5) is 7.06. The molecule has 2 rings (SSSR count). The third-order valence-corrected chi connectivity index (χ3v) is 4.64. The Morgan fingerprint density at radius 2 is 2.35 bits per heavy atom. The van der Waals surface area contributed by atoms with Crippen LogP contribution in [-0.2, 0) is 16.6 Å². The van der Waals surface area contributed by atoms with Crippen LogP contribution in [0.15, 0.2) is 29.0 Å². The van der Waals surface area contributed by atoms with E-state index in [0.717, 1.165) is 10.4 Å². The zero-order valence-corrected chi connectivity index (χ0v) is 12.1. The Labute approximate surface area is 120 Å². The fraction of sp³-hybridized carbons (Fsp3) is 0.250. The molecule has 0 radical (unpaired) electrons. The van der Waals surface area contributed by atoms with Crippen LogP contribution in [0.4, 0.5) is 0 Å². The average Bonchev–Trinajstić information content (AvgIpc) is 3.09. The van der Waals surface area contributed by atoms with Gasteiger partial charge in [0.1, 0.15) is 0 Å². The molecule has 0 aliphatic rings. The van der Waals surface area contributed by atoms with Crippen LogP contribution in [0, 0.1) is 11.8 Å². The minimum Gasteiger partial charge on any atom is -0.395 e. The lowest BCUT2D eigenvalue weighted by atomic mass is 10.2. The third kappa shape index (κ3) is 3.68. The smallest absolute Gasteiger partial charge is 0.257 e. The predicted octanol–water partition coefficient (Wildman–Crippen LogP) is 0.684. The third-order valence-electron chi connectivity index (χ3n) is 2.39. The van der Waals surface area contributed by atoms with E-state index in [1.54, 1.807) is 0 Å². The van der Waals surface area contributed by atoms with E-state index in [4.69, 9.17) is 5.11 Å². The number of thiophene rings is 1. The van der Waals surface area contributed by atoms with E-state index in [0.29, 0.717) is 6.42 Å². The maximum Gasteiger partial charge on any atom is 0.257 e. The van der Waals surface area contributed by atoms with Gasteiger partial charge < -0.3 is 10.1 Å². The first-order valence-corrected chi connectivity index (χ1v) is 8.14. The Morgan fingerprint density at radius 3 is 3.05 bits per heavy atom. The Bertz CT molecular complexity index is 709. The highest BCUT2D eigenvalue weighted by atomic mass is 32.2. The minimum absolute atomic E-state index is 0.0128. The molecule has 0 bridgehead atoms. The molecule has 6 nitrogen and oxygen atoms in total. The van der Waals surface area contributed by atoms with Gasteiger partial charge in [0, 0.05) is 23.4 Å². The first-order valence-electron chi connectivity index (χ1n) is 5.77. The second-order valence-electron chi connectivity index (χ2n) is 3.77. The van der Waals surface area contributed by atoms with Crippen molar-refractivity contribution >= 4 is 21.4 Å². The SMILES string of the molecule is O=S(=O)(NCc1sccc1C#CCCO)c1cnc[nH]1. The second-order valence-corrected chi connectivity index (χ2v) is 6.51. The number of nitrogens with one attached hydrogen (secondary N) is 2. The van der Waals surface area contributed by atoms with Gasteiger partial charge in [-0.15, -0.1) is 11.3 Å². The largest absolute Gasteiger partial charge is 0.395 e. The summed E-state index contributed by atoms with van der Waals surface area (Å²) in [6.45, 7) is 0.182. The highest BCUT2D eigenvalue weighted by Crippen LogP contribution is 2.16. The van der Waals surface area contributed by atoms with E-state index in [-0.39, 0.29) is 18.2 Å². The zero-order chi connectivity index (χ0) is 14.4. The number of aliphatic hydroxyl groups excluding tert-OH is 1. The molecule has 0 aromatic carbocycles. The highest BCUT2D eigenvalue weighted by Gasteiger charge is 2.15.